The second-order valence-corrected chi connectivity index (χ2v) is 7.53. The van der Waals surface area contributed by atoms with Crippen molar-refractivity contribution in [2.45, 2.75) is 0 Å². The van der Waals surface area contributed by atoms with Gasteiger partial charge in [-0.25, -0.2) is 8.42 Å². The van der Waals surface area contributed by atoms with Crippen molar-refractivity contribution in [1.29, 1.82) is 0 Å². The number of sulfonamides is 1. The van der Waals surface area contributed by atoms with Crippen LogP contribution >= 0.6 is 23.8 Å². The van der Waals surface area contributed by atoms with Crippen molar-refractivity contribution in [2.75, 3.05) is 37.3 Å². The molecule has 2 rings (SSSR count). The maximum atomic E-state index is 11.5. The van der Waals surface area contributed by atoms with Gasteiger partial charge in [0.2, 0.25) is 10.0 Å². The van der Waals surface area contributed by atoms with Gasteiger partial charge in [0.1, 0.15) is 4.99 Å². The first-order valence-electron chi connectivity index (χ1n) is 6.08. The van der Waals surface area contributed by atoms with Crippen LogP contribution in [0.5, 0.6) is 0 Å². The van der Waals surface area contributed by atoms with E-state index in [0.717, 1.165) is 11.3 Å². The number of anilines is 1. The van der Waals surface area contributed by atoms with E-state index in [1.165, 1.54) is 10.6 Å². The summed E-state index contributed by atoms with van der Waals surface area (Å²) in [6, 6.07) is 5.35. The van der Waals surface area contributed by atoms with E-state index in [9.17, 15) is 8.42 Å². The van der Waals surface area contributed by atoms with Crippen molar-refractivity contribution in [2.24, 2.45) is 5.73 Å². The average molecular weight is 334 g/mol. The van der Waals surface area contributed by atoms with Crippen molar-refractivity contribution in [1.82, 2.24) is 4.31 Å². The van der Waals surface area contributed by atoms with Crippen LogP contribution in [0.1, 0.15) is 5.56 Å². The molecule has 0 bridgehead atoms. The molecule has 1 aromatic rings. The van der Waals surface area contributed by atoms with Crippen molar-refractivity contribution in [3.05, 3.63) is 28.8 Å². The zero-order chi connectivity index (χ0) is 14.9. The van der Waals surface area contributed by atoms with Crippen molar-refractivity contribution in [3.63, 3.8) is 0 Å². The Hall–Kier alpha value is -0.890. The van der Waals surface area contributed by atoms with Gasteiger partial charge in [-0.05, 0) is 18.2 Å². The molecule has 1 saturated heterocycles. The minimum atomic E-state index is -3.14. The Kier molecular flexibility index (Phi) is 4.53. The number of halogens is 1. The van der Waals surface area contributed by atoms with Crippen LogP contribution in [-0.4, -0.2) is 50.1 Å². The van der Waals surface area contributed by atoms with E-state index in [4.69, 9.17) is 29.6 Å². The van der Waals surface area contributed by atoms with E-state index in [1.807, 2.05) is 6.07 Å². The van der Waals surface area contributed by atoms with E-state index in [-0.39, 0.29) is 0 Å². The van der Waals surface area contributed by atoms with Crippen LogP contribution in [0.2, 0.25) is 5.02 Å². The number of thiocarbonyl (C=S) groups is 1. The molecule has 1 aliphatic heterocycles. The molecule has 0 aromatic heterocycles. The third-order valence-corrected chi connectivity index (χ3v) is 5.03. The quantitative estimate of drug-likeness (QED) is 0.838. The van der Waals surface area contributed by atoms with Crippen molar-refractivity contribution < 1.29 is 8.42 Å². The predicted molar refractivity (Wildman–Crippen MR) is 86.0 cm³/mol. The second kappa shape index (κ2) is 5.85. The van der Waals surface area contributed by atoms with Crippen LogP contribution in [0.3, 0.4) is 0 Å². The molecular formula is C12H16ClN3O2S2. The molecule has 0 unspecified atom stereocenters. The number of piperazine rings is 1. The molecule has 110 valence electrons. The van der Waals surface area contributed by atoms with Crippen molar-refractivity contribution >= 4 is 44.5 Å². The highest BCUT2D eigenvalue weighted by Gasteiger charge is 2.25. The molecule has 1 aromatic carbocycles. The Balaban J connectivity index is 2.22. The highest BCUT2D eigenvalue weighted by atomic mass is 35.5. The summed E-state index contributed by atoms with van der Waals surface area (Å²) in [6.07, 6.45) is 1.22. The average Bonchev–Trinajstić information content (AvgIpc) is 2.37. The summed E-state index contributed by atoms with van der Waals surface area (Å²) in [5.74, 6) is 0. The molecule has 0 spiro atoms. The Morgan fingerprint density at radius 3 is 2.40 bits per heavy atom. The monoisotopic (exact) mass is 333 g/mol. The summed E-state index contributed by atoms with van der Waals surface area (Å²) in [4.78, 5) is 2.37. The number of hydrogen-bond acceptors (Lipinski definition) is 4. The van der Waals surface area contributed by atoms with E-state index < -0.39 is 10.0 Å². The lowest BCUT2D eigenvalue weighted by Crippen LogP contribution is -2.48. The molecule has 1 heterocycles. The number of nitrogens with two attached hydrogens (primary N) is 1. The molecule has 0 amide bonds. The van der Waals surface area contributed by atoms with E-state index in [2.05, 4.69) is 4.90 Å². The van der Waals surface area contributed by atoms with Gasteiger partial charge >= 0.3 is 0 Å². The van der Waals surface area contributed by atoms with E-state index in [1.54, 1.807) is 12.1 Å². The summed E-state index contributed by atoms with van der Waals surface area (Å²) in [7, 11) is -3.14. The fraction of sp³-hybridized carbons (Fsp3) is 0.417. The lowest BCUT2D eigenvalue weighted by Gasteiger charge is -2.35. The van der Waals surface area contributed by atoms with Gasteiger partial charge in [0.25, 0.3) is 0 Å². The van der Waals surface area contributed by atoms with Crippen LogP contribution in [0, 0.1) is 0 Å². The van der Waals surface area contributed by atoms with Gasteiger partial charge in [0.15, 0.2) is 0 Å². The first-order valence-corrected chi connectivity index (χ1v) is 8.72. The lowest BCUT2D eigenvalue weighted by molar-refractivity contribution is 0.388. The summed E-state index contributed by atoms with van der Waals surface area (Å²) >= 11 is 11.1. The third-order valence-electron chi connectivity index (χ3n) is 3.27. The van der Waals surface area contributed by atoms with Gasteiger partial charge in [0, 0.05) is 42.5 Å². The van der Waals surface area contributed by atoms with Gasteiger partial charge in [0.05, 0.1) is 6.26 Å². The topological polar surface area (TPSA) is 66.6 Å². The van der Waals surface area contributed by atoms with Gasteiger partial charge in [-0.3, -0.25) is 0 Å². The molecule has 20 heavy (non-hydrogen) atoms. The summed E-state index contributed by atoms with van der Waals surface area (Å²) < 4.78 is 24.5. The molecule has 1 aliphatic rings. The number of hydrogen-bond donors (Lipinski definition) is 1. The Bertz CT molecular complexity index is 626. The molecule has 0 saturated carbocycles. The van der Waals surface area contributed by atoms with E-state index >= 15 is 0 Å². The van der Waals surface area contributed by atoms with Gasteiger partial charge < -0.3 is 10.6 Å². The molecule has 0 atom stereocenters. The summed E-state index contributed by atoms with van der Waals surface area (Å²) in [5.41, 5.74) is 7.34. The molecule has 5 nitrogen and oxygen atoms in total. The van der Waals surface area contributed by atoms with Crippen molar-refractivity contribution in [3.8, 4) is 0 Å². The Morgan fingerprint density at radius 2 is 1.90 bits per heavy atom. The number of rotatable bonds is 3. The largest absolute Gasteiger partial charge is 0.389 e. The SMILES string of the molecule is CS(=O)(=O)N1CCN(c2cc(Cl)ccc2C(N)=S)CC1. The lowest BCUT2D eigenvalue weighted by atomic mass is 10.1. The van der Waals surface area contributed by atoms with Gasteiger partial charge in [-0.2, -0.15) is 4.31 Å². The maximum Gasteiger partial charge on any atom is 0.211 e. The molecule has 0 aliphatic carbocycles. The zero-order valence-electron chi connectivity index (χ0n) is 11.0. The third kappa shape index (κ3) is 3.41. The fourth-order valence-corrected chi connectivity index (χ4v) is 3.40. The van der Waals surface area contributed by atoms with Gasteiger partial charge in [-0.1, -0.05) is 23.8 Å². The first kappa shape index (κ1) is 15.5. The predicted octanol–water partition coefficient (Wildman–Crippen LogP) is 1.06. The smallest absolute Gasteiger partial charge is 0.211 e. The highest BCUT2D eigenvalue weighted by molar-refractivity contribution is 7.88. The maximum absolute atomic E-state index is 11.5. The summed E-state index contributed by atoms with van der Waals surface area (Å²) in [5, 5.41) is 0.602. The molecule has 2 N–H and O–H groups in total. The standard InChI is InChI=1S/C12H16ClN3O2S2/c1-20(17,18)16-6-4-15(5-7-16)11-8-9(13)2-3-10(11)12(14)19/h2-3,8H,4-7H2,1H3,(H2,14,19). The molecular weight excluding hydrogens is 318 g/mol. The van der Waals surface area contributed by atoms with Crippen LogP contribution in [0.25, 0.3) is 0 Å². The number of nitrogens with zero attached hydrogens (tertiary/aromatic N) is 2. The molecule has 8 heteroatoms. The summed E-state index contributed by atoms with van der Waals surface area (Å²) in [6.45, 7) is 2.07. The molecule has 1 fully saturated rings. The first-order chi connectivity index (χ1) is 9.29. The second-order valence-electron chi connectivity index (χ2n) is 4.67. The minimum Gasteiger partial charge on any atom is -0.389 e. The Labute approximate surface area is 129 Å². The Morgan fingerprint density at radius 1 is 1.30 bits per heavy atom. The van der Waals surface area contributed by atoms with Crippen LogP contribution in [-0.2, 0) is 10.0 Å². The van der Waals surface area contributed by atoms with Crippen LogP contribution < -0.4 is 10.6 Å². The minimum absolute atomic E-state index is 0.308. The zero-order valence-corrected chi connectivity index (χ0v) is 13.4. The van der Waals surface area contributed by atoms with Gasteiger partial charge in [-0.15, -0.1) is 0 Å². The molecule has 0 radical (unpaired) electrons. The van der Waals surface area contributed by atoms with E-state index in [0.29, 0.717) is 36.2 Å². The normalized spacial score (nSPS) is 17.2. The fourth-order valence-electron chi connectivity index (χ4n) is 2.24. The van der Waals surface area contributed by atoms with Crippen LogP contribution in [0.15, 0.2) is 18.2 Å². The highest BCUT2D eigenvalue weighted by Crippen LogP contribution is 2.26. The van der Waals surface area contributed by atoms with Crippen LogP contribution in [0.4, 0.5) is 5.69 Å². The number of benzene rings is 1.